The van der Waals surface area contributed by atoms with E-state index in [2.05, 4.69) is 0 Å². The van der Waals surface area contributed by atoms with Gasteiger partial charge in [0, 0.05) is 11.5 Å². The van der Waals surface area contributed by atoms with Crippen molar-refractivity contribution < 1.29 is 18.3 Å². The minimum atomic E-state index is -2.90. The number of thioether (sulfide) groups is 1. The number of hydrogen-bond donors (Lipinski definition) is 2. The Morgan fingerprint density at radius 1 is 1.53 bits per heavy atom. The zero-order valence-corrected chi connectivity index (χ0v) is 10.3. The number of carbonyl (C=O) groups is 1. The molecule has 0 bridgehead atoms. The molecule has 3 N–H and O–H groups in total. The Morgan fingerprint density at radius 3 is 2.60 bits per heavy atom. The van der Waals surface area contributed by atoms with Gasteiger partial charge in [-0.25, -0.2) is 8.42 Å². The molecule has 90 valence electrons. The van der Waals surface area contributed by atoms with Crippen LogP contribution >= 0.6 is 11.8 Å². The number of carboxylic acids is 1. The molecule has 15 heavy (non-hydrogen) atoms. The van der Waals surface area contributed by atoms with Gasteiger partial charge in [0.05, 0.1) is 5.75 Å². The summed E-state index contributed by atoms with van der Waals surface area (Å²) in [6, 6.07) is -0.863. The van der Waals surface area contributed by atoms with Gasteiger partial charge in [-0.3, -0.25) is 4.79 Å². The van der Waals surface area contributed by atoms with Gasteiger partial charge in [-0.2, -0.15) is 11.8 Å². The van der Waals surface area contributed by atoms with Crippen molar-refractivity contribution in [2.75, 3.05) is 23.0 Å². The summed E-state index contributed by atoms with van der Waals surface area (Å²) in [5.74, 6) is 0.246. The number of rotatable bonds is 8. The molecule has 0 radical (unpaired) electrons. The number of nitrogens with two attached hydrogens (primary N) is 1. The minimum Gasteiger partial charge on any atom is -0.480 e. The molecular weight excluding hydrogens is 238 g/mol. The zero-order chi connectivity index (χ0) is 11.9. The van der Waals surface area contributed by atoms with E-state index in [1.54, 1.807) is 6.92 Å². The van der Waals surface area contributed by atoms with Crippen LogP contribution in [0, 0.1) is 0 Å². The van der Waals surface area contributed by atoms with Gasteiger partial charge in [-0.15, -0.1) is 0 Å². The van der Waals surface area contributed by atoms with Crippen molar-refractivity contribution in [1.29, 1.82) is 0 Å². The molecule has 0 unspecified atom stereocenters. The van der Waals surface area contributed by atoms with Crippen LogP contribution in [0.1, 0.15) is 13.3 Å². The molecule has 1 atom stereocenters. The van der Waals surface area contributed by atoms with Crippen LogP contribution in [0.15, 0.2) is 0 Å². The van der Waals surface area contributed by atoms with Crippen molar-refractivity contribution in [1.82, 2.24) is 0 Å². The minimum absolute atomic E-state index is 0.159. The van der Waals surface area contributed by atoms with Crippen LogP contribution in [0.3, 0.4) is 0 Å². The van der Waals surface area contributed by atoms with Crippen molar-refractivity contribution >= 4 is 27.6 Å². The first-order valence-corrected chi connectivity index (χ1v) is 7.63. The van der Waals surface area contributed by atoms with Gasteiger partial charge >= 0.3 is 5.97 Å². The highest BCUT2D eigenvalue weighted by molar-refractivity contribution is 7.99. The van der Waals surface area contributed by atoms with Gasteiger partial charge in [-0.05, 0) is 12.2 Å². The molecule has 0 fully saturated rings. The van der Waals surface area contributed by atoms with Crippen LogP contribution in [0.5, 0.6) is 0 Å². The molecule has 0 spiro atoms. The summed E-state index contributed by atoms with van der Waals surface area (Å²) in [6.07, 6.45) is 0.549. The molecular formula is C8H17NO4S2. The van der Waals surface area contributed by atoms with Crippen LogP contribution in [0.4, 0.5) is 0 Å². The van der Waals surface area contributed by atoms with Crippen LogP contribution in [-0.4, -0.2) is 48.5 Å². The molecule has 0 amide bonds. The Bertz CT molecular complexity index is 289. The van der Waals surface area contributed by atoms with E-state index in [4.69, 9.17) is 10.8 Å². The van der Waals surface area contributed by atoms with Crippen LogP contribution < -0.4 is 5.73 Å². The largest absolute Gasteiger partial charge is 0.480 e. The molecule has 0 aliphatic rings. The molecule has 0 aromatic rings. The predicted octanol–water partition coefficient (Wildman–Crippen LogP) is -0.0437. The molecule has 0 aliphatic carbocycles. The van der Waals surface area contributed by atoms with E-state index in [1.807, 2.05) is 0 Å². The smallest absolute Gasteiger partial charge is 0.321 e. The highest BCUT2D eigenvalue weighted by Crippen LogP contribution is 2.05. The van der Waals surface area contributed by atoms with E-state index in [-0.39, 0.29) is 11.5 Å². The maximum Gasteiger partial charge on any atom is 0.321 e. The third kappa shape index (κ3) is 7.64. The first-order valence-electron chi connectivity index (χ1n) is 4.65. The average Bonchev–Trinajstić information content (AvgIpc) is 2.16. The number of aliphatic carboxylic acids is 1. The van der Waals surface area contributed by atoms with Crippen molar-refractivity contribution in [2.45, 2.75) is 19.4 Å². The Kier molecular flexibility index (Phi) is 6.95. The number of hydrogen-bond acceptors (Lipinski definition) is 5. The lowest BCUT2D eigenvalue weighted by molar-refractivity contribution is -0.137. The van der Waals surface area contributed by atoms with Crippen LogP contribution in [0.25, 0.3) is 0 Å². The molecule has 0 saturated carbocycles. The molecule has 0 heterocycles. The van der Waals surface area contributed by atoms with E-state index in [1.165, 1.54) is 11.8 Å². The Hall–Kier alpha value is -0.270. The third-order valence-electron chi connectivity index (χ3n) is 1.80. The van der Waals surface area contributed by atoms with Gasteiger partial charge in [0.1, 0.15) is 15.9 Å². The second-order valence-electron chi connectivity index (χ2n) is 3.11. The SMILES string of the molecule is CCS(=O)(=O)CCCSC[C@H](N)C(=O)O. The fraction of sp³-hybridized carbons (Fsp3) is 0.875. The molecule has 0 aromatic carbocycles. The predicted molar refractivity (Wildman–Crippen MR) is 61.9 cm³/mol. The van der Waals surface area contributed by atoms with Crippen LogP contribution in [0.2, 0.25) is 0 Å². The maximum atomic E-state index is 11.1. The normalized spacial score (nSPS) is 13.7. The van der Waals surface area contributed by atoms with E-state index in [0.29, 0.717) is 17.9 Å². The van der Waals surface area contributed by atoms with Gasteiger partial charge in [0.2, 0.25) is 0 Å². The Balaban J connectivity index is 3.53. The van der Waals surface area contributed by atoms with E-state index in [9.17, 15) is 13.2 Å². The van der Waals surface area contributed by atoms with E-state index < -0.39 is 21.8 Å². The lowest BCUT2D eigenvalue weighted by Gasteiger charge is -2.05. The molecule has 5 nitrogen and oxygen atoms in total. The Labute approximate surface area is 94.3 Å². The monoisotopic (exact) mass is 255 g/mol. The van der Waals surface area contributed by atoms with Crippen molar-refractivity contribution in [3.8, 4) is 0 Å². The summed E-state index contributed by atoms with van der Waals surface area (Å²) in [6.45, 7) is 1.61. The summed E-state index contributed by atoms with van der Waals surface area (Å²) in [5, 5.41) is 8.47. The molecule has 7 heteroatoms. The van der Waals surface area contributed by atoms with E-state index >= 15 is 0 Å². The second-order valence-corrected chi connectivity index (χ2v) is 6.73. The van der Waals surface area contributed by atoms with E-state index in [0.717, 1.165) is 0 Å². The standard InChI is InChI=1S/C8H17NO4S2/c1-2-15(12,13)5-3-4-14-6-7(9)8(10)11/h7H,2-6,9H2,1H3,(H,10,11)/t7-/m0/s1. The highest BCUT2D eigenvalue weighted by Gasteiger charge is 2.11. The van der Waals surface area contributed by atoms with Gasteiger partial charge in [-0.1, -0.05) is 6.92 Å². The third-order valence-corrected chi connectivity index (χ3v) is 4.76. The zero-order valence-electron chi connectivity index (χ0n) is 8.68. The number of carboxylic acid groups (broad SMARTS) is 1. The van der Waals surface area contributed by atoms with Crippen molar-refractivity contribution in [3.05, 3.63) is 0 Å². The summed E-state index contributed by atoms with van der Waals surface area (Å²) >= 11 is 1.37. The summed E-state index contributed by atoms with van der Waals surface area (Å²) in [7, 11) is -2.90. The summed E-state index contributed by atoms with van der Waals surface area (Å²) in [4.78, 5) is 10.3. The molecule has 0 saturated heterocycles. The first-order chi connectivity index (χ1) is 6.89. The summed E-state index contributed by atoms with van der Waals surface area (Å²) < 4.78 is 22.2. The maximum absolute atomic E-state index is 11.1. The first kappa shape index (κ1) is 14.7. The van der Waals surface area contributed by atoms with Crippen LogP contribution in [-0.2, 0) is 14.6 Å². The van der Waals surface area contributed by atoms with Gasteiger partial charge in [0.25, 0.3) is 0 Å². The molecule has 0 aliphatic heterocycles. The quantitative estimate of drug-likeness (QED) is 0.590. The topological polar surface area (TPSA) is 97.5 Å². The lowest BCUT2D eigenvalue weighted by atomic mass is 10.4. The molecule has 0 aromatic heterocycles. The van der Waals surface area contributed by atoms with Gasteiger partial charge in [0.15, 0.2) is 0 Å². The number of sulfone groups is 1. The highest BCUT2D eigenvalue weighted by atomic mass is 32.2. The second kappa shape index (κ2) is 7.08. The fourth-order valence-electron chi connectivity index (χ4n) is 0.807. The van der Waals surface area contributed by atoms with Crippen molar-refractivity contribution in [3.63, 3.8) is 0 Å². The van der Waals surface area contributed by atoms with Gasteiger partial charge < -0.3 is 10.8 Å². The summed E-state index contributed by atoms with van der Waals surface area (Å²) in [5.41, 5.74) is 5.27. The fourth-order valence-corrected chi connectivity index (χ4v) is 2.77. The van der Waals surface area contributed by atoms with Crippen molar-refractivity contribution in [2.24, 2.45) is 5.73 Å². The molecule has 0 rings (SSSR count). The lowest BCUT2D eigenvalue weighted by Crippen LogP contribution is -2.32. The average molecular weight is 255 g/mol. The Morgan fingerprint density at radius 2 is 2.13 bits per heavy atom.